The number of ether oxygens (including phenoxy) is 2. The summed E-state index contributed by atoms with van der Waals surface area (Å²) in [5.74, 6) is -3.31. The van der Waals surface area contributed by atoms with Crippen molar-refractivity contribution in [3.05, 3.63) is 35.4 Å². The molecule has 1 aromatic carbocycles. The van der Waals surface area contributed by atoms with Crippen molar-refractivity contribution in [1.82, 2.24) is 10.6 Å². The predicted molar refractivity (Wildman–Crippen MR) is 147 cm³/mol. The third-order valence-electron chi connectivity index (χ3n) is 10.2. The number of benzene rings is 1. The topological polar surface area (TPSA) is 114 Å². The van der Waals surface area contributed by atoms with Crippen LogP contribution in [0, 0.1) is 34.4 Å². The fourth-order valence-corrected chi connectivity index (χ4v) is 7.20. The number of carbonyl (C=O) groups excluding carboxylic acids is 2. The highest BCUT2D eigenvalue weighted by molar-refractivity contribution is 5.98. The van der Waals surface area contributed by atoms with E-state index < -0.39 is 35.1 Å². The Labute approximate surface area is 239 Å². The fourth-order valence-electron chi connectivity index (χ4n) is 7.20. The Hall–Kier alpha value is -3.17. The molecule has 0 unspecified atom stereocenters. The van der Waals surface area contributed by atoms with Crippen LogP contribution in [-0.2, 0) is 9.59 Å². The van der Waals surface area contributed by atoms with Crippen LogP contribution >= 0.6 is 0 Å². The highest BCUT2D eigenvalue weighted by Gasteiger charge is 2.54. The minimum absolute atomic E-state index is 0.0286. The minimum Gasteiger partial charge on any atom is -0.496 e. The monoisotopic (exact) mass is 574 g/mol. The van der Waals surface area contributed by atoms with Gasteiger partial charge in [-0.2, -0.15) is 0 Å². The lowest BCUT2D eigenvalue weighted by molar-refractivity contribution is -0.150. The number of fused-ring (bicyclic) bond motifs is 2. The van der Waals surface area contributed by atoms with Crippen molar-refractivity contribution < 1.29 is 37.7 Å². The molecule has 0 aromatic heterocycles. The lowest BCUT2D eigenvalue weighted by Crippen LogP contribution is -2.52. The largest absolute Gasteiger partial charge is 0.496 e. The summed E-state index contributed by atoms with van der Waals surface area (Å²) in [6, 6.07) is 1.90. The molecular weight excluding hydrogens is 534 g/mol. The van der Waals surface area contributed by atoms with Crippen LogP contribution in [0.4, 0.5) is 8.78 Å². The molecule has 41 heavy (non-hydrogen) atoms. The number of carboxylic acids is 1. The van der Waals surface area contributed by atoms with Gasteiger partial charge in [-0.05, 0) is 87.2 Å². The lowest BCUT2D eigenvalue weighted by atomic mass is 9.70. The van der Waals surface area contributed by atoms with Crippen molar-refractivity contribution in [1.29, 1.82) is 0 Å². The molecule has 4 aliphatic carbocycles. The van der Waals surface area contributed by atoms with Crippen molar-refractivity contribution in [2.75, 3.05) is 13.7 Å². The molecule has 3 N–H and O–H groups in total. The highest BCUT2D eigenvalue weighted by Crippen LogP contribution is 2.52. The van der Waals surface area contributed by atoms with Gasteiger partial charge in [-0.1, -0.05) is 13.3 Å². The third-order valence-corrected chi connectivity index (χ3v) is 10.2. The summed E-state index contributed by atoms with van der Waals surface area (Å²) in [6.45, 7) is 4.39. The van der Waals surface area contributed by atoms with E-state index in [4.69, 9.17) is 9.47 Å². The van der Waals surface area contributed by atoms with E-state index >= 15 is 0 Å². The van der Waals surface area contributed by atoms with Gasteiger partial charge in [0.1, 0.15) is 5.75 Å². The first-order valence-corrected chi connectivity index (χ1v) is 14.6. The summed E-state index contributed by atoms with van der Waals surface area (Å²) >= 11 is 0. The van der Waals surface area contributed by atoms with Gasteiger partial charge in [-0.25, -0.2) is 8.78 Å². The number of methoxy groups -OCH3 is 1. The average molecular weight is 575 g/mol. The maximum absolute atomic E-state index is 15.0. The third kappa shape index (κ3) is 5.66. The Morgan fingerprint density at radius 1 is 1.12 bits per heavy atom. The van der Waals surface area contributed by atoms with Crippen LogP contribution in [0.2, 0.25) is 0 Å². The van der Waals surface area contributed by atoms with Gasteiger partial charge in [0.25, 0.3) is 5.91 Å². The van der Waals surface area contributed by atoms with Crippen LogP contribution in [0.25, 0.3) is 0 Å². The second-order valence-electron chi connectivity index (χ2n) is 13.1. The normalized spacial score (nSPS) is 32.7. The molecule has 8 nitrogen and oxygen atoms in total. The lowest BCUT2D eigenvalue weighted by Gasteiger charge is -2.39. The maximum atomic E-state index is 15.0. The Morgan fingerprint density at radius 3 is 2.41 bits per heavy atom. The van der Waals surface area contributed by atoms with Crippen molar-refractivity contribution >= 4 is 17.8 Å². The van der Waals surface area contributed by atoms with Crippen LogP contribution in [0.3, 0.4) is 0 Å². The van der Waals surface area contributed by atoms with E-state index in [0.29, 0.717) is 57.0 Å². The highest BCUT2D eigenvalue weighted by atomic mass is 19.1. The maximum Gasteiger partial charge on any atom is 0.309 e. The Bertz CT molecular complexity index is 1240. The van der Waals surface area contributed by atoms with Gasteiger partial charge in [-0.15, -0.1) is 0 Å². The standard InChI is InChI=1S/C31H40F2N2O6/c1-30(7-4-8-30)16-34-28(37)25-20-12-17(11-18(20)15-32)26(25)35-27(36)21-13-24(22(33)14-23(21)40-3)41-19-5-9-31(2,10-6-19)29(38)39/h13-15,17,19-20,25-26H,4-12,16H2,1-3H3,(H,34,37)(H,35,36)(H,38,39)/b18-15+/t17-,19?,20-,25-,26+,31?/m0/s1. The van der Waals surface area contributed by atoms with E-state index in [0.717, 1.165) is 25.3 Å². The number of carboxylic acid groups (broad SMARTS) is 1. The van der Waals surface area contributed by atoms with Gasteiger partial charge >= 0.3 is 5.97 Å². The first kappa shape index (κ1) is 29.3. The van der Waals surface area contributed by atoms with Crippen LogP contribution in [0.1, 0.15) is 82.0 Å². The zero-order valence-electron chi connectivity index (χ0n) is 23.9. The van der Waals surface area contributed by atoms with E-state index in [1.54, 1.807) is 6.92 Å². The minimum atomic E-state index is -0.857. The fraction of sp³-hybridized carbons (Fsp3) is 0.645. The molecule has 0 radical (unpaired) electrons. The van der Waals surface area contributed by atoms with Crippen molar-refractivity contribution in [2.45, 2.75) is 83.8 Å². The number of halogens is 2. The molecule has 4 atom stereocenters. The zero-order valence-corrected chi connectivity index (χ0v) is 23.9. The molecule has 0 aliphatic heterocycles. The van der Waals surface area contributed by atoms with Gasteiger partial charge in [0.15, 0.2) is 11.6 Å². The van der Waals surface area contributed by atoms with Gasteiger partial charge < -0.3 is 25.2 Å². The summed E-state index contributed by atoms with van der Waals surface area (Å²) in [7, 11) is 1.34. The number of rotatable bonds is 9. The molecule has 1 aromatic rings. The van der Waals surface area contributed by atoms with E-state index in [-0.39, 0.29) is 46.3 Å². The van der Waals surface area contributed by atoms with Gasteiger partial charge in [0.05, 0.1) is 36.4 Å². The second kappa shape index (κ2) is 11.2. The van der Waals surface area contributed by atoms with E-state index in [2.05, 4.69) is 17.6 Å². The Balaban J connectivity index is 1.32. The van der Waals surface area contributed by atoms with E-state index in [1.165, 1.54) is 13.2 Å². The molecule has 4 aliphatic rings. The molecule has 2 amide bonds. The number of allylic oxidation sites excluding steroid dienone is 1. The second-order valence-corrected chi connectivity index (χ2v) is 13.1. The predicted octanol–water partition coefficient (Wildman–Crippen LogP) is 5.16. The molecular formula is C31H40F2N2O6. The summed E-state index contributed by atoms with van der Waals surface area (Å²) in [5, 5.41) is 15.6. The average Bonchev–Trinajstić information content (AvgIpc) is 3.51. The molecule has 5 rings (SSSR count). The molecule has 2 bridgehead atoms. The molecule has 0 heterocycles. The van der Waals surface area contributed by atoms with Crippen molar-refractivity contribution in [3.63, 3.8) is 0 Å². The van der Waals surface area contributed by atoms with Gasteiger partial charge in [0, 0.05) is 18.7 Å². The van der Waals surface area contributed by atoms with Crippen molar-refractivity contribution in [3.8, 4) is 11.5 Å². The molecule has 10 heteroatoms. The first-order valence-electron chi connectivity index (χ1n) is 14.6. The van der Waals surface area contributed by atoms with Gasteiger partial charge in [0.2, 0.25) is 5.91 Å². The number of carbonyl (C=O) groups is 3. The molecule has 0 spiro atoms. The van der Waals surface area contributed by atoms with Crippen LogP contribution in [0.15, 0.2) is 24.0 Å². The van der Waals surface area contributed by atoms with E-state index in [9.17, 15) is 28.3 Å². The van der Waals surface area contributed by atoms with E-state index in [1.807, 2.05) is 0 Å². The van der Waals surface area contributed by atoms with Crippen LogP contribution < -0.4 is 20.1 Å². The summed E-state index contributed by atoms with van der Waals surface area (Å²) in [4.78, 5) is 38.6. The number of amides is 2. The number of hydrogen-bond acceptors (Lipinski definition) is 5. The zero-order chi connectivity index (χ0) is 29.5. The number of aliphatic carboxylic acids is 1. The molecule has 224 valence electrons. The Kier molecular flexibility index (Phi) is 8.05. The first-order chi connectivity index (χ1) is 19.5. The summed E-state index contributed by atoms with van der Waals surface area (Å²) in [5.41, 5.74) is -0.0790. The SMILES string of the molecule is COc1cc(F)c(OC2CCC(C)(C(=O)O)CC2)cc1C(=O)N[C@@H]1[C@H]2C/C(=C\F)[C@H](C2)[C@@H]1C(=O)NCC1(C)CCC1. The number of hydrogen-bond donors (Lipinski definition) is 3. The van der Waals surface area contributed by atoms with Crippen LogP contribution in [0.5, 0.6) is 11.5 Å². The van der Waals surface area contributed by atoms with Gasteiger partial charge in [-0.3, -0.25) is 14.4 Å². The summed E-state index contributed by atoms with van der Waals surface area (Å²) in [6.07, 6.45) is 6.24. The van der Waals surface area contributed by atoms with Crippen molar-refractivity contribution in [2.24, 2.45) is 28.6 Å². The van der Waals surface area contributed by atoms with Crippen LogP contribution in [-0.4, -0.2) is 48.7 Å². The number of nitrogens with one attached hydrogen (secondary N) is 2. The summed E-state index contributed by atoms with van der Waals surface area (Å²) < 4.78 is 39.9. The Morgan fingerprint density at radius 2 is 1.83 bits per heavy atom. The quantitative estimate of drug-likeness (QED) is 0.376. The molecule has 4 saturated carbocycles. The molecule has 4 fully saturated rings. The molecule has 0 saturated heterocycles. The smallest absolute Gasteiger partial charge is 0.309 e.